The fourth-order valence-electron chi connectivity index (χ4n) is 0. The van der Waals surface area contributed by atoms with Crippen molar-refractivity contribution in [2.45, 2.75) is 0 Å². The van der Waals surface area contributed by atoms with Gasteiger partial charge in [0.25, 0.3) is 0 Å². The van der Waals surface area contributed by atoms with Crippen molar-refractivity contribution < 1.29 is 0 Å². The summed E-state index contributed by atoms with van der Waals surface area (Å²) in [7, 11) is 0. The van der Waals surface area contributed by atoms with Crippen molar-refractivity contribution in [2.24, 2.45) is 0 Å². The largest absolute Gasteiger partial charge is 0.197 e. The van der Waals surface area contributed by atoms with Gasteiger partial charge in [-0.25, -0.2) is 0 Å². The minimum atomic E-state index is 0. The van der Waals surface area contributed by atoms with Crippen LogP contribution in [0.1, 0.15) is 0 Å². The van der Waals surface area contributed by atoms with E-state index in [0.717, 1.165) is 0 Å². The molecule has 0 heterocycles. The highest BCUT2D eigenvalue weighted by atomic mass is 35.5. The van der Waals surface area contributed by atoms with Crippen LogP contribution in [-0.4, -0.2) is 0 Å². The van der Waals surface area contributed by atoms with Crippen molar-refractivity contribution in [3.05, 3.63) is 0 Å². The molecule has 0 aromatic carbocycles. The summed E-state index contributed by atoms with van der Waals surface area (Å²) in [4.78, 5) is 0. The molecule has 0 saturated heterocycles. The molecule has 0 atom stereocenters. The van der Waals surface area contributed by atoms with E-state index in [1.807, 2.05) is 0 Å². The minimum absolute atomic E-state index is 0. The first-order valence-electron chi connectivity index (χ1n) is 0. The zero-order chi connectivity index (χ0) is 0. The van der Waals surface area contributed by atoms with Gasteiger partial charge < -0.3 is 0 Å². The van der Waals surface area contributed by atoms with Crippen LogP contribution in [0.4, 0.5) is 0 Å². The van der Waals surface area contributed by atoms with Gasteiger partial charge in [0, 0.05) is 0 Å². The highest BCUT2D eigenvalue weighted by molar-refractivity contribution is 7.59. The van der Waals surface area contributed by atoms with Crippen LogP contribution >= 0.6 is 78.8 Å². The highest BCUT2D eigenvalue weighted by Gasteiger charge is -0.145. The number of rotatable bonds is 0. The summed E-state index contributed by atoms with van der Waals surface area (Å²) in [6.45, 7) is 0. The van der Waals surface area contributed by atoms with Crippen LogP contribution in [0.15, 0.2) is 0 Å². The Morgan fingerprint density at radius 3 is 0.333 bits per heavy atom. The Morgan fingerprint density at radius 1 is 0.333 bits per heavy atom. The molecular formula is H10Cl2S4. The predicted octanol–water partition coefficient (Wildman–Crippen LogP) is 1.29. The molecule has 0 nitrogen and oxygen atoms in total. The average Bonchev–Trinajstić information content (AvgIpc) is 0. The van der Waals surface area contributed by atoms with Gasteiger partial charge in [0.05, 0.1) is 0 Å². The smallest absolute Gasteiger partial charge is 0.147 e. The van der Waals surface area contributed by atoms with Crippen molar-refractivity contribution in [3.8, 4) is 0 Å². The van der Waals surface area contributed by atoms with Crippen molar-refractivity contribution >= 4 is 78.8 Å². The van der Waals surface area contributed by atoms with Gasteiger partial charge in [0.2, 0.25) is 0 Å². The molecule has 0 N–H and O–H groups in total. The predicted molar refractivity (Wildman–Crippen MR) is 56.0 cm³/mol. The van der Waals surface area contributed by atoms with Crippen LogP contribution < -0.4 is 0 Å². The Labute approximate surface area is 78.4 Å². The van der Waals surface area contributed by atoms with Crippen LogP contribution in [0.5, 0.6) is 0 Å². The Balaban J connectivity index is 0. The maximum absolute atomic E-state index is 0. The average molecular weight is 209 g/mol. The molecule has 0 spiro atoms. The quantitative estimate of drug-likeness (QED) is 0.564. The van der Waals surface area contributed by atoms with Crippen molar-refractivity contribution in [2.75, 3.05) is 0 Å². The van der Waals surface area contributed by atoms with E-state index in [2.05, 4.69) is 0 Å². The molecule has 0 bridgehead atoms. The molecule has 0 fully saturated rings. The van der Waals surface area contributed by atoms with Gasteiger partial charge in [-0.2, -0.15) is 54.0 Å². The molecule has 0 aliphatic rings. The van der Waals surface area contributed by atoms with E-state index in [-0.39, 0.29) is 78.8 Å². The van der Waals surface area contributed by atoms with Gasteiger partial charge in [-0.3, -0.25) is 0 Å². The Bertz CT molecular complexity index is 5.51. The first-order chi connectivity index (χ1) is 0. The molecule has 6 heteroatoms. The maximum atomic E-state index is 0. The second-order valence-corrected chi connectivity index (χ2v) is 0. The zero-order valence-corrected chi connectivity index (χ0v) is 8.45. The Hall–Kier alpha value is 1.98. The Kier molecular flexibility index (Phi) is 1050. The topological polar surface area (TPSA) is 0 Å². The first-order valence-corrected chi connectivity index (χ1v) is 0. The van der Waals surface area contributed by atoms with Crippen molar-refractivity contribution in [3.63, 3.8) is 0 Å². The lowest BCUT2D eigenvalue weighted by molar-refractivity contribution is 5.85. The van der Waals surface area contributed by atoms with Crippen LogP contribution in [-0.2, 0) is 0 Å². The molecule has 0 aromatic heterocycles. The normalized spacial score (nSPS) is 0. The summed E-state index contributed by atoms with van der Waals surface area (Å²) < 4.78 is 0. The lowest BCUT2D eigenvalue weighted by Gasteiger charge is -0.198. The lowest BCUT2D eigenvalue weighted by Crippen LogP contribution is 0.647. The standard InChI is InChI=1S/2ClH.4H2S/h2*1H;4*1H2. The molecule has 0 saturated carbocycles. The van der Waals surface area contributed by atoms with Crippen LogP contribution in [0.25, 0.3) is 0 Å². The molecular weight excluding hydrogens is 199 g/mol. The molecule has 0 amide bonds. The van der Waals surface area contributed by atoms with Crippen molar-refractivity contribution in [1.82, 2.24) is 0 Å². The monoisotopic (exact) mass is 208 g/mol. The van der Waals surface area contributed by atoms with E-state index in [1.54, 1.807) is 0 Å². The van der Waals surface area contributed by atoms with Crippen molar-refractivity contribution in [1.29, 1.82) is 0 Å². The molecule has 0 radical (unpaired) electrons. The van der Waals surface area contributed by atoms with Gasteiger partial charge in [0.1, 0.15) is 0 Å². The molecule has 0 aromatic rings. The third-order valence-electron chi connectivity index (χ3n) is 0. The second kappa shape index (κ2) is 63.7. The van der Waals surface area contributed by atoms with Gasteiger partial charge in [0.15, 0.2) is 0 Å². The van der Waals surface area contributed by atoms with Gasteiger partial charge in [-0.15, -0.1) is 24.8 Å². The second-order valence-electron chi connectivity index (χ2n) is 0. The van der Waals surface area contributed by atoms with E-state index < -0.39 is 0 Å². The summed E-state index contributed by atoms with van der Waals surface area (Å²) in [5.74, 6) is 0. The SMILES string of the molecule is Cl.Cl.S.S.S.S. The highest BCUT2D eigenvalue weighted by Crippen LogP contribution is 0.691. The zero-order valence-electron chi connectivity index (χ0n) is 2.82. The van der Waals surface area contributed by atoms with E-state index in [1.165, 1.54) is 0 Å². The van der Waals surface area contributed by atoms with E-state index >= 15 is 0 Å². The third kappa shape index (κ3) is 37.8. The summed E-state index contributed by atoms with van der Waals surface area (Å²) in [6.07, 6.45) is 0. The molecule has 0 rings (SSSR count). The van der Waals surface area contributed by atoms with Crippen LogP contribution in [0.3, 0.4) is 0 Å². The van der Waals surface area contributed by atoms with Gasteiger partial charge >= 0.3 is 0 Å². The minimum Gasteiger partial charge on any atom is -0.197 e. The number of hydrogen-bond donors (Lipinski definition) is 0. The summed E-state index contributed by atoms with van der Waals surface area (Å²) >= 11 is 0. The number of halogens is 2. The summed E-state index contributed by atoms with van der Waals surface area (Å²) in [5, 5.41) is 0. The fraction of sp³-hybridized carbons (Fsp3) is 0. The maximum Gasteiger partial charge on any atom is -0.147 e. The summed E-state index contributed by atoms with van der Waals surface area (Å²) in [6, 6.07) is 0. The van der Waals surface area contributed by atoms with Gasteiger partial charge in [-0.1, -0.05) is 0 Å². The molecule has 0 unspecified atom stereocenters. The molecule has 48 valence electrons. The Morgan fingerprint density at radius 2 is 0.333 bits per heavy atom. The van der Waals surface area contributed by atoms with E-state index in [4.69, 9.17) is 0 Å². The lowest BCUT2D eigenvalue weighted by atomic mass is 32.1. The van der Waals surface area contributed by atoms with Crippen LogP contribution in [0, 0.1) is 0 Å². The van der Waals surface area contributed by atoms with Crippen LogP contribution in [0.2, 0.25) is 0 Å². The molecule has 0 aliphatic carbocycles. The van der Waals surface area contributed by atoms with Gasteiger partial charge in [-0.05, 0) is 0 Å². The molecule has 6 heavy (non-hydrogen) atoms. The fourth-order valence-corrected chi connectivity index (χ4v) is 0. The van der Waals surface area contributed by atoms with E-state index in [0.29, 0.717) is 0 Å². The third-order valence-corrected chi connectivity index (χ3v) is 0. The summed E-state index contributed by atoms with van der Waals surface area (Å²) in [5.41, 5.74) is 0. The number of hydrogen-bond acceptors (Lipinski definition) is 0. The molecule has 0 aliphatic heterocycles. The first kappa shape index (κ1) is 99.2. The van der Waals surface area contributed by atoms with E-state index in [9.17, 15) is 0 Å².